The molecule has 0 atom stereocenters. The molecule has 0 bridgehead atoms. The molecule has 3 aromatic heterocycles. The van der Waals surface area contributed by atoms with Gasteiger partial charge in [0.05, 0.1) is 16.9 Å². The van der Waals surface area contributed by atoms with Crippen LogP contribution in [0.2, 0.25) is 0 Å². The Bertz CT molecular complexity index is 1300. The van der Waals surface area contributed by atoms with Crippen molar-refractivity contribution in [1.82, 2.24) is 9.55 Å². The Balaban J connectivity index is 1.72. The second kappa shape index (κ2) is 6.18. The molecule has 0 N–H and O–H groups in total. The summed E-state index contributed by atoms with van der Waals surface area (Å²) in [7, 11) is 0. The van der Waals surface area contributed by atoms with E-state index in [4.69, 9.17) is 4.98 Å². The van der Waals surface area contributed by atoms with E-state index < -0.39 is 0 Å². The van der Waals surface area contributed by atoms with E-state index in [1.54, 1.807) is 11.3 Å². The number of rotatable bonds is 2. The summed E-state index contributed by atoms with van der Waals surface area (Å²) < 4.78 is 2.40. The highest BCUT2D eigenvalue weighted by Crippen LogP contribution is 2.42. The lowest BCUT2D eigenvalue weighted by Crippen LogP contribution is -2.08. The van der Waals surface area contributed by atoms with Gasteiger partial charge in [-0.1, -0.05) is 36.4 Å². The van der Waals surface area contributed by atoms with Crippen molar-refractivity contribution in [3.63, 3.8) is 0 Å². The average Bonchev–Trinajstić information content (AvgIpc) is 3.40. The maximum atomic E-state index is 4.80. The molecule has 0 amide bonds. The number of hydrogen-bond donors (Lipinski definition) is 0. The summed E-state index contributed by atoms with van der Waals surface area (Å²) in [6.45, 7) is 0. The number of para-hydroxylation sites is 1. The van der Waals surface area contributed by atoms with Crippen LogP contribution in [0.15, 0.2) is 84.4 Å². The highest BCUT2D eigenvalue weighted by atomic mass is 32.1. The van der Waals surface area contributed by atoms with Crippen molar-refractivity contribution >= 4 is 22.2 Å². The van der Waals surface area contributed by atoms with Crippen LogP contribution in [0.1, 0.15) is 11.1 Å². The molecule has 0 saturated heterocycles. The topological polar surface area (TPSA) is 17.8 Å². The molecule has 0 spiro atoms. The number of fused-ring (bicyclic) bond motifs is 5. The number of benzene rings is 2. The van der Waals surface area contributed by atoms with Gasteiger partial charge in [0, 0.05) is 22.1 Å². The molecule has 6 rings (SSSR count). The quantitative estimate of drug-likeness (QED) is 0.342. The van der Waals surface area contributed by atoms with E-state index in [1.807, 2.05) is 12.3 Å². The summed E-state index contributed by atoms with van der Waals surface area (Å²) in [6, 6.07) is 26.1. The number of nitrogens with zero attached hydrogens (tertiary/aromatic N) is 2. The summed E-state index contributed by atoms with van der Waals surface area (Å²) >= 11 is 1.79. The first-order valence-corrected chi connectivity index (χ1v) is 10.5. The number of thiophene rings is 1. The molecule has 0 saturated carbocycles. The highest BCUT2D eigenvalue weighted by molar-refractivity contribution is 7.13. The first kappa shape index (κ1) is 15.8. The van der Waals surface area contributed by atoms with Gasteiger partial charge in [-0.25, -0.2) is 0 Å². The minimum atomic E-state index is 1.05. The van der Waals surface area contributed by atoms with Gasteiger partial charge in [0.2, 0.25) is 0 Å². The van der Waals surface area contributed by atoms with Crippen molar-refractivity contribution in [2.75, 3.05) is 0 Å². The molecule has 28 heavy (non-hydrogen) atoms. The Labute approximate surface area is 167 Å². The number of aryl methyl sites for hydroxylation is 2. The Morgan fingerprint density at radius 3 is 2.64 bits per heavy atom. The molecule has 0 unspecified atom stereocenters. The molecule has 2 nitrogen and oxygen atoms in total. The predicted molar refractivity (Wildman–Crippen MR) is 117 cm³/mol. The van der Waals surface area contributed by atoms with Gasteiger partial charge in [0.1, 0.15) is 0 Å². The van der Waals surface area contributed by atoms with E-state index in [0.717, 1.165) is 18.5 Å². The van der Waals surface area contributed by atoms with Crippen molar-refractivity contribution in [1.29, 1.82) is 0 Å². The second-order valence-electron chi connectivity index (χ2n) is 7.22. The van der Waals surface area contributed by atoms with Crippen molar-refractivity contribution in [2.24, 2.45) is 0 Å². The van der Waals surface area contributed by atoms with E-state index >= 15 is 0 Å². The molecule has 0 fully saturated rings. The minimum absolute atomic E-state index is 1.05. The summed E-state index contributed by atoms with van der Waals surface area (Å²) in [5.41, 5.74) is 8.89. The highest BCUT2D eigenvalue weighted by Gasteiger charge is 2.26. The smallest absolute Gasteiger partial charge is 0.0905 e. The van der Waals surface area contributed by atoms with Gasteiger partial charge in [-0.2, -0.15) is 0 Å². The lowest BCUT2D eigenvalue weighted by Gasteiger charge is -2.18. The van der Waals surface area contributed by atoms with Gasteiger partial charge < -0.3 is 4.57 Å². The molecule has 3 heterocycles. The molecular formula is C25H18N2S. The fourth-order valence-electron chi connectivity index (χ4n) is 4.41. The molecule has 134 valence electrons. The van der Waals surface area contributed by atoms with Crippen LogP contribution in [0, 0.1) is 0 Å². The third kappa shape index (κ3) is 2.30. The van der Waals surface area contributed by atoms with Gasteiger partial charge in [-0.05, 0) is 71.3 Å². The summed E-state index contributed by atoms with van der Waals surface area (Å²) in [5, 5.41) is 3.49. The van der Waals surface area contributed by atoms with Crippen LogP contribution in [-0.2, 0) is 12.8 Å². The van der Waals surface area contributed by atoms with E-state index in [0.29, 0.717) is 0 Å². The molecule has 0 radical (unpaired) electrons. The third-order valence-corrected chi connectivity index (χ3v) is 6.57. The zero-order valence-corrected chi connectivity index (χ0v) is 16.1. The van der Waals surface area contributed by atoms with Crippen molar-refractivity contribution in [3.8, 4) is 27.5 Å². The first-order chi connectivity index (χ1) is 13.9. The SMILES string of the molecule is c1ccc(-n2c3c(c4cc(-c5cccs5)ccc42)CCc2cccnc2-3)cc1. The van der Waals surface area contributed by atoms with Crippen LogP contribution >= 0.6 is 11.3 Å². The molecule has 2 aromatic carbocycles. The molecule has 5 aromatic rings. The average molecular weight is 379 g/mol. The van der Waals surface area contributed by atoms with Gasteiger partial charge >= 0.3 is 0 Å². The van der Waals surface area contributed by atoms with Crippen LogP contribution in [0.5, 0.6) is 0 Å². The number of aromatic nitrogens is 2. The Morgan fingerprint density at radius 1 is 0.857 bits per heavy atom. The van der Waals surface area contributed by atoms with E-state index in [9.17, 15) is 0 Å². The number of pyridine rings is 1. The van der Waals surface area contributed by atoms with Gasteiger partial charge in [-0.15, -0.1) is 11.3 Å². The van der Waals surface area contributed by atoms with Crippen molar-refractivity contribution < 1.29 is 0 Å². The Morgan fingerprint density at radius 2 is 1.79 bits per heavy atom. The van der Waals surface area contributed by atoms with Crippen molar-refractivity contribution in [3.05, 3.63) is 95.5 Å². The lowest BCUT2D eigenvalue weighted by atomic mass is 9.92. The molecule has 1 aliphatic carbocycles. The van der Waals surface area contributed by atoms with Crippen molar-refractivity contribution in [2.45, 2.75) is 12.8 Å². The van der Waals surface area contributed by atoms with Crippen LogP contribution in [-0.4, -0.2) is 9.55 Å². The standard InChI is InChI=1S/C25H18N2S/c1-2-7-19(8-3-1)27-22-13-11-18(23-9-5-15-28-23)16-21(22)20-12-10-17-6-4-14-26-24(17)25(20)27/h1-9,11,13-16H,10,12H2. The monoisotopic (exact) mass is 378 g/mol. The first-order valence-electron chi connectivity index (χ1n) is 9.61. The van der Waals surface area contributed by atoms with Gasteiger partial charge in [0.15, 0.2) is 0 Å². The lowest BCUT2D eigenvalue weighted by molar-refractivity contribution is 0.917. The molecule has 3 heteroatoms. The van der Waals surface area contributed by atoms with Crippen LogP contribution in [0.4, 0.5) is 0 Å². The molecule has 0 aliphatic heterocycles. The van der Waals surface area contributed by atoms with E-state index in [2.05, 4.69) is 76.7 Å². The predicted octanol–water partition coefficient (Wildman–Crippen LogP) is 6.52. The molecule has 1 aliphatic rings. The minimum Gasteiger partial charge on any atom is -0.307 e. The summed E-state index contributed by atoms with van der Waals surface area (Å²) in [5.74, 6) is 0. The fourth-order valence-corrected chi connectivity index (χ4v) is 5.14. The van der Waals surface area contributed by atoms with Crippen LogP contribution < -0.4 is 0 Å². The maximum absolute atomic E-state index is 4.80. The third-order valence-electron chi connectivity index (χ3n) is 5.65. The normalized spacial score (nSPS) is 12.7. The second-order valence-corrected chi connectivity index (χ2v) is 8.17. The maximum Gasteiger partial charge on any atom is 0.0905 e. The Kier molecular flexibility index (Phi) is 3.50. The zero-order valence-electron chi connectivity index (χ0n) is 15.3. The van der Waals surface area contributed by atoms with E-state index in [1.165, 1.54) is 43.9 Å². The fraction of sp³-hybridized carbons (Fsp3) is 0.0800. The zero-order chi connectivity index (χ0) is 18.5. The summed E-state index contributed by atoms with van der Waals surface area (Å²) in [6.07, 6.45) is 4.02. The Hall–Kier alpha value is -3.17. The largest absolute Gasteiger partial charge is 0.307 e. The number of hydrogen-bond acceptors (Lipinski definition) is 2. The van der Waals surface area contributed by atoms with Crippen LogP contribution in [0.3, 0.4) is 0 Å². The van der Waals surface area contributed by atoms with Gasteiger partial charge in [0.25, 0.3) is 0 Å². The van der Waals surface area contributed by atoms with Gasteiger partial charge in [-0.3, -0.25) is 4.98 Å². The summed E-state index contributed by atoms with van der Waals surface area (Å²) in [4.78, 5) is 6.11. The van der Waals surface area contributed by atoms with Crippen LogP contribution in [0.25, 0.3) is 38.4 Å². The van der Waals surface area contributed by atoms with E-state index in [-0.39, 0.29) is 0 Å². The molecular weight excluding hydrogens is 360 g/mol.